The summed E-state index contributed by atoms with van der Waals surface area (Å²) >= 11 is 0. The van der Waals surface area contributed by atoms with Crippen molar-refractivity contribution in [3.63, 3.8) is 0 Å². The number of para-hydroxylation sites is 1. The van der Waals surface area contributed by atoms with Crippen molar-refractivity contribution in [1.29, 1.82) is 0 Å². The molecule has 0 bridgehead atoms. The number of nitrogens with zero attached hydrogens (tertiary/aromatic N) is 5. The maximum absolute atomic E-state index is 13.1. The zero-order valence-electron chi connectivity index (χ0n) is 19.7. The van der Waals surface area contributed by atoms with E-state index < -0.39 is 0 Å². The average molecular weight is 451 g/mol. The lowest BCUT2D eigenvalue weighted by atomic mass is 10.0. The topological polar surface area (TPSA) is 88.9 Å². The van der Waals surface area contributed by atoms with Crippen LogP contribution in [0.15, 0.2) is 29.1 Å². The molecular formula is C25H34N6O2. The molecule has 1 saturated carbocycles. The molecule has 3 heterocycles. The predicted molar refractivity (Wildman–Crippen MR) is 127 cm³/mol. The van der Waals surface area contributed by atoms with E-state index in [-0.39, 0.29) is 17.7 Å². The minimum atomic E-state index is -0.00593. The third-order valence-electron chi connectivity index (χ3n) is 7.36. The Balaban J connectivity index is 1.48. The van der Waals surface area contributed by atoms with E-state index in [2.05, 4.69) is 44.5 Å². The van der Waals surface area contributed by atoms with Crippen LogP contribution in [0.2, 0.25) is 0 Å². The van der Waals surface area contributed by atoms with Crippen LogP contribution >= 0.6 is 0 Å². The average Bonchev–Trinajstić information content (AvgIpc) is 3.59. The number of aryl methyl sites for hydroxylation is 1. The molecule has 0 amide bonds. The van der Waals surface area contributed by atoms with E-state index in [9.17, 15) is 4.79 Å². The van der Waals surface area contributed by atoms with Crippen LogP contribution in [0, 0.1) is 6.92 Å². The molecular weight excluding hydrogens is 416 g/mol. The van der Waals surface area contributed by atoms with Gasteiger partial charge in [-0.15, -0.1) is 5.10 Å². The Morgan fingerprint density at radius 1 is 1.24 bits per heavy atom. The van der Waals surface area contributed by atoms with Gasteiger partial charge in [-0.1, -0.05) is 38.0 Å². The van der Waals surface area contributed by atoms with Crippen LogP contribution in [0.1, 0.15) is 74.9 Å². The number of fused-ring (bicyclic) bond motifs is 1. The molecule has 2 aromatic heterocycles. The molecule has 2 unspecified atom stereocenters. The number of rotatable bonds is 8. The molecule has 1 aliphatic heterocycles. The standard InChI is InChI=1S/C25H34N6O2/c1-3-22(24-27-28-29-31(24)16-21-12-7-13-33-21)30(20-10-4-5-11-20)15-19-14-18-9-6-8-17(2)23(18)26-25(19)32/h6,8-9,14,20-22H,3-5,7,10-13,15-16H2,1-2H3,(H,26,32). The van der Waals surface area contributed by atoms with Crippen LogP contribution in [-0.4, -0.2) is 48.8 Å². The Hall–Kier alpha value is -2.58. The number of aromatic nitrogens is 5. The lowest BCUT2D eigenvalue weighted by Gasteiger charge is -2.35. The fourth-order valence-corrected chi connectivity index (χ4v) is 5.60. The quantitative estimate of drug-likeness (QED) is 0.560. The summed E-state index contributed by atoms with van der Waals surface area (Å²) in [6, 6.07) is 8.69. The van der Waals surface area contributed by atoms with Gasteiger partial charge >= 0.3 is 0 Å². The molecule has 2 fully saturated rings. The van der Waals surface area contributed by atoms with E-state index in [0.717, 1.165) is 66.6 Å². The smallest absolute Gasteiger partial charge is 0.252 e. The van der Waals surface area contributed by atoms with Crippen LogP contribution in [-0.2, 0) is 17.8 Å². The number of benzene rings is 1. The Morgan fingerprint density at radius 2 is 2.09 bits per heavy atom. The van der Waals surface area contributed by atoms with E-state index in [0.29, 0.717) is 19.1 Å². The van der Waals surface area contributed by atoms with Gasteiger partial charge in [-0.3, -0.25) is 9.69 Å². The van der Waals surface area contributed by atoms with Gasteiger partial charge in [-0.2, -0.15) is 0 Å². The van der Waals surface area contributed by atoms with Crippen molar-refractivity contribution < 1.29 is 4.74 Å². The summed E-state index contributed by atoms with van der Waals surface area (Å²) in [5.41, 5.74) is 2.81. The number of H-pyrrole nitrogens is 1. The molecule has 8 heteroatoms. The maximum atomic E-state index is 13.1. The summed E-state index contributed by atoms with van der Waals surface area (Å²) < 4.78 is 7.77. The monoisotopic (exact) mass is 450 g/mol. The molecule has 1 N–H and O–H groups in total. The zero-order chi connectivity index (χ0) is 22.8. The predicted octanol–water partition coefficient (Wildman–Crippen LogP) is 3.90. The summed E-state index contributed by atoms with van der Waals surface area (Å²) in [4.78, 5) is 18.7. The molecule has 0 radical (unpaired) electrons. The Kier molecular flexibility index (Phi) is 6.55. The largest absolute Gasteiger partial charge is 0.376 e. The molecule has 2 atom stereocenters. The summed E-state index contributed by atoms with van der Waals surface area (Å²) in [6.45, 7) is 6.32. The van der Waals surface area contributed by atoms with E-state index >= 15 is 0 Å². The molecule has 2 aliphatic rings. The van der Waals surface area contributed by atoms with Crippen molar-refractivity contribution >= 4 is 10.9 Å². The molecule has 5 rings (SSSR count). The van der Waals surface area contributed by atoms with E-state index in [4.69, 9.17) is 4.74 Å². The first-order valence-electron chi connectivity index (χ1n) is 12.4. The first kappa shape index (κ1) is 22.2. The number of tetrazole rings is 1. The third-order valence-corrected chi connectivity index (χ3v) is 7.36. The van der Waals surface area contributed by atoms with Crippen LogP contribution in [0.5, 0.6) is 0 Å². The van der Waals surface area contributed by atoms with Gasteiger partial charge in [0.15, 0.2) is 5.82 Å². The summed E-state index contributed by atoms with van der Waals surface area (Å²) in [5.74, 6) is 0.882. The molecule has 1 saturated heterocycles. The molecule has 1 aliphatic carbocycles. The minimum absolute atomic E-state index is 0.00593. The Labute approximate surface area is 194 Å². The molecule has 8 nitrogen and oxygen atoms in total. The number of aromatic amines is 1. The lowest BCUT2D eigenvalue weighted by molar-refractivity contribution is 0.0839. The number of ether oxygens (including phenoxy) is 1. The van der Waals surface area contributed by atoms with E-state index in [1.54, 1.807) is 0 Å². The van der Waals surface area contributed by atoms with Gasteiger partial charge < -0.3 is 9.72 Å². The molecule has 3 aromatic rings. The summed E-state index contributed by atoms with van der Waals surface area (Å²) in [5, 5.41) is 13.9. The van der Waals surface area contributed by atoms with Crippen molar-refractivity contribution in [3.8, 4) is 0 Å². The maximum Gasteiger partial charge on any atom is 0.252 e. The van der Waals surface area contributed by atoms with Crippen LogP contribution < -0.4 is 5.56 Å². The van der Waals surface area contributed by atoms with Crippen molar-refractivity contribution in [1.82, 2.24) is 30.1 Å². The number of nitrogens with one attached hydrogen (secondary N) is 1. The molecule has 0 spiro atoms. The van der Waals surface area contributed by atoms with Crippen LogP contribution in [0.4, 0.5) is 0 Å². The molecule has 176 valence electrons. The lowest BCUT2D eigenvalue weighted by Crippen LogP contribution is -2.39. The Morgan fingerprint density at radius 3 is 2.85 bits per heavy atom. The third kappa shape index (κ3) is 4.59. The summed E-state index contributed by atoms with van der Waals surface area (Å²) in [6.07, 6.45) is 7.95. The highest BCUT2D eigenvalue weighted by molar-refractivity contribution is 5.81. The normalized spacial score (nSPS) is 20.3. The van der Waals surface area contributed by atoms with E-state index in [1.807, 2.05) is 23.7 Å². The minimum Gasteiger partial charge on any atom is -0.376 e. The van der Waals surface area contributed by atoms with Gasteiger partial charge in [-0.05, 0) is 66.5 Å². The van der Waals surface area contributed by atoms with E-state index in [1.165, 1.54) is 12.8 Å². The second-order valence-corrected chi connectivity index (χ2v) is 9.55. The van der Waals surface area contributed by atoms with Gasteiger partial charge in [0.2, 0.25) is 0 Å². The highest BCUT2D eigenvalue weighted by Crippen LogP contribution is 2.34. The number of hydrogen-bond donors (Lipinski definition) is 1. The van der Waals surface area contributed by atoms with Crippen molar-refractivity contribution in [2.24, 2.45) is 0 Å². The fraction of sp³-hybridized carbons (Fsp3) is 0.600. The highest BCUT2D eigenvalue weighted by Gasteiger charge is 2.33. The number of pyridine rings is 1. The van der Waals surface area contributed by atoms with Crippen molar-refractivity contribution in [2.45, 2.75) is 90.1 Å². The van der Waals surface area contributed by atoms with Gasteiger partial charge in [-0.25, -0.2) is 4.68 Å². The van der Waals surface area contributed by atoms with Crippen molar-refractivity contribution in [3.05, 3.63) is 51.6 Å². The second-order valence-electron chi connectivity index (χ2n) is 9.55. The van der Waals surface area contributed by atoms with Gasteiger partial charge in [0.05, 0.1) is 24.2 Å². The number of hydrogen-bond acceptors (Lipinski definition) is 6. The van der Waals surface area contributed by atoms with Crippen LogP contribution in [0.3, 0.4) is 0 Å². The van der Waals surface area contributed by atoms with Gasteiger partial charge in [0, 0.05) is 24.8 Å². The van der Waals surface area contributed by atoms with Crippen molar-refractivity contribution in [2.75, 3.05) is 6.61 Å². The van der Waals surface area contributed by atoms with Crippen LogP contribution in [0.25, 0.3) is 10.9 Å². The van der Waals surface area contributed by atoms with Gasteiger partial charge in [0.25, 0.3) is 5.56 Å². The molecule has 33 heavy (non-hydrogen) atoms. The highest BCUT2D eigenvalue weighted by atomic mass is 16.5. The SMILES string of the molecule is CCC(c1nnnn1CC1CCCO1)N(Cc1cc2cccc(C)c2[nH]c1=O)C1CCCC1. The summed E-state index contributed by atoms with van der Waals surface area (Å²) in [7, 11) is 0. The fourth-order valence-electron chi connectivity index (χ4n) is 5.60. The van der Waals surface area contributed by atoms with Gasteiger partial charge in [0.1, 0.15) is 0 Å². The first-order chi connectivity index (χ1) is 16.1. The first-order valence-corrected chi connectivity index (χ1v) is 12.4. The molecule has 1 aromatic carbocycles. The Bertz CT molecular complexity index is 1140. The second kappa shape index (κ2) is 9.73. The zero-order valence-corrected chi connectivity index (χ0v) is 19.7.